The van der Waals surface area contributed by atoms with E-state index in [2.05, 4.69) is 164 Å². The number of rotatable bonds is 4. The van der Waals surface area contributed by atoms with E-state index in [1.807, 2.05) is 28.7 Å². The first-order valence-corrected chi connectivity index (χ1v) is 19.1. The predicted octanol–water partition coefficient (Wildman–Crippen LogP) is 14.2. The molecular weight excluding hydrogens is 669 g/mol. The summed E-state index contributed by atoms with van der Waals surface area (Å²) in [6, 6.07) is 61.4. The summed E-state index contributed by atoms with van der Waals surface area (Å²) in [6.45, 7) is 0. The smallest absolute Gasteiger partial charge is 0.0972 e. The number of pyridine rings is 2. The highest BCUT2D eigenvalue weighted by Gasteiger charge is 2.16. The molecule has 2 nitrogen and oxygen atoms in total. The van der Waals surface area contributed by atoms with E-state index in [4.69, 9.17) is 9.97 Å². The van der Waals surface area contributed by atoms with Gasteiger partial charge in [0.05, 0.1) is 22.4 Å². The van der Waals surface area contributed by atoms with Crippen molar-refractivity contribution >= 4 is 84.8 Å². The van der Waals surface area contributed by atoms with E-state index in [1.54, 1.807) is 0 Å². The highest BCUT2D eigenvalue weighted by molar-refractivity contribution is 7.26. The van der Waals surface area contributed by atoms with E-state index >= 15 is 0 Å². The molecule has 0 amide bonds. The SMILES string of the molecule is c1ccc(-c2ccc3ccc4ccc(-c5cc(-c6ccc7sc8ccccc8c7c6)ccc5-c5ccc6sc7ccccc7c6c5)nc4c3n2)cc1. The van der Waals surface area contributed by atoms with Gasteiger partial charge in [0.25, 0.3) is 0 Å². The normalized spacial score (nSPS) is 11.8. The van der Waals surface area contributed by atoms with E-state index in [0.29, 0.717) is 0 Å². The van der Waals surface area contributed by atoms with Gasteiger partial charge in [-0.1, -0.05) is 115 Å². The number of aromatic nitrogens is 2. The van der Waals surface area contributed by atoms with Gasteiger partial charge < -0.3 is 0 Å². The van der Waals surface area contributed by atoms with Crippen LogP contribution in [0.25, 0.3) is 107 Å². The molecule has 52 heavy (non-hydrogen) atoms. The summed E-state index contributed by atoms with van der Waals surface area (Å²) in [5, 5.41) is 7.36. The van der Waals surface area contributed by atoms with Crippen molar-refractivity contribution in [2.24, 2.45) is 0 Å². The van der Waals surface area contributed by atoms with E-state index in [1.165, 1.54) is 57.0 Å². The second-order valence-corrected chi connectivity index (χ2v) is 15.5. The third-order valence-electron chi connectivity index (χ3n) is 10.3. The molecule has 0 spiro atoms. The first-order chi connectivity index (χ1) is 25.7. The molecule has 11 rings (SSSR count). The van der Waals surface area contributed by atoms with E-state index in [0.717, 1.165) is 49.9 Å². The van der Waals surface area contributed by atoms with Gasteiger partial charge in [0.2, 0.25) is 0 Å². The van der Waals surface area contributed by atoms with Crippen molar-refractivity contribution in [3.05, 3.63) is 170 Å². The van der Waals surface area contributed by atoms with E-state index in [-0.39, 0.29) is 0 Å². The number of nitrogens with zero attached hydrogens (tertiary/aromatic N) is 2. The Morgan fingerprint density at radius 3 is 1.50 bits per heavy atom. The lowest BCUT2D eigenvalue weighted by Crippen LogP contribution is -1.93. The average Bonchev–Trinajstić information content (AvgIpc) is 3.78. The summed E-state index contributed by atoms with van der Waals surface area (Å²) in [5.74, 6) is 0. The van der Waals surface area contributed by atoms with Crippen molar-refractivity contribution in [2.75, 3.05) is 0 Å². The maximum Gasteiger partial charge on any atom is 0.0972 e. The van der Waals surface area contributed by atoms with Gasteiger partial charge in [0, 0.05) is 62.2 Å². The third-order valence-corrected chi connectivity index (χ3v) is 12.6. The summed E-state index contributed by atoms with van der Waals surface area (Å²) in [6.07, 6.45) is 0. The van der Waals surface area contributed by atoms with Crippen molar-refractivity contribution in [3.63, 3.8) is 0 Å². The quantitative estimate of drug-likeness (QED) is 0.171. The lowest BCUT2D eigenvalue weighted by molar-refractivity contribution is 1.36. The zero-order chi connectivity index (χ0) is 34.2. The summed E-state index contributed by atoms with van der Waals surface area (Å²) < 4.78 is 5.24. The first-order valence-electron chi connectivity index (χ1n) is 17.5. The Hall–Kier alpha value is -6.20. The number of hydrogen-bond donors (Lipinski definition) is 0. The van der Waals surface area contributed by atoms with Crippen LogP contribution in [0.5, 0.6) is 0 Å². The number of fused-ring (bicyclic) bond motifs is 9. The number of benzene rings is 7. The van der Waals surface area contributed by atoms with Crippen LogP contribution in [0.3, 0.4) is 0 Å². The van der Waals surface area contributed by atoms with Crippen LogP contribution in [-0.2, 0) is 0 Å². The van der Waals surface area contributed by atoms with Crippen LogP contribution in [0.2, 0.25) is 0 Å². The monoisotopic (exact) mass is 696 g/mol. The van der Waals surface area contributed by atoms with Crippen LogP contribution in [-0.4, -0.2) is 9.97 Å². The third kappa shape index (κ3) is 4.76. The lowest BCUT2D eigenvalue weighted by Gasteiger charge is -2.14. The highest BCUT2D eigenvalue weighted by atomic mass is 32.1. The molecule has 7 aromatic carbocycles. The Labute approximate surface area is 307 Å². The molecule has 0 radical (unpaired) electrons. The fourth-order valence-corrected chi connectivity index (χ4v) is 9.85. The van der Waals surface area contributed by atoms with Crippen LogP contribution in [0.15, 0.2) is 170 Å². The summed E-state index contributed by atoms with van der Waals surface area (Å²) in [7, 11) is 0. The van der Waals surface area contributed by atoms with Crippen LogP contribution in [0.1, 0.15) is 0 Å². The van der Waals surface area contributed by atoms with Crippen molar-refractivity contribution < 1.29 is 0 Å². The molecule has 0 saturated heterocycles. The van der Waals surface area contributed by atoms with Crippen molar-refractivity contribution in [2.45, 2.75) is 0 Å². The Balaban J connectivity index is 1.14. The Bertz CT molecular complexity index is 3190. The van der Waals surface area contributed by atoms with Crippen molar-refractivity contribution in [3.8, 4) is 44.8 Å². The summed E-state index contributed by atoms with van der Waals surface area (Å²) >= 11 is 3.71. The zero-order valence-corrected chi connectivity index (χ0v) is 29.5. The van der Waals surface area contributed by atoms with Crippen molar-refractivity contribution in [1.29, 1.82) is 0 Å². The maximum atomic E-state index is 5.46. The number of hydrogen-bond acceptors (Lipinski definition) is 4. The lowest BCUT2D eigenvalue weighted by atomic mass is 9.92. The molecule has 0 unspecified atom stereocenters. The zero-order valence-electron chi connectivity index (χ0n) is 27.9. The molecular formula is C48H28N2S2. The van der Waals surface area contributed by atoms with E-state index < -0.39 is 0 Å². The molecule has 11 aromatic rings. The van der Waals surface area contributed by atoms with E-state index in [9.17, 15) is 0 Å². The molecule has 4 heteroatoms. The van der Waals surface area contributed by atoms with Crippen LogP contribution in [0.4, 0.5) is 0 Å². The minimum Gasteiger partial charge on any atom is -0.245 e. The van der Waals surface area contributed by atoms with Gasteiger partial charge in [-0.25, -0.2) is 9.97 Å². The second kappa shape index (κ2) is 11.7. The maximum absolute atomic E-state index is 5.46. The standard InChI is InChI=1S/C48H28N2S2/c1-2-8-29(9-3-1)41-22-17-30-14-15-31-18-23-42(50-48(31)47(30)49-41)38-26-32(33-19-24-45-39(27-33)36-10-4-6-12-43(36)51-45)16-21-35(38)34-20-25-46-40(28-34)37-11-5-7-13-44(37)52-46/h1-28H. The van der Waals surface area contributed by atoms with Crippen LogP contribution < -0.4 is 0 Å². The summed E-state index contributed by atoms with van der Waals surface area (Å²) in [4.78, 5) is 10.7. The topological polar surface area (TPSA) is 25.8 Å². The predicted molar refractivity (Wildman–Crippen MR) is 225 cm³/mol. The van der Waals surface area contributed by atoms with Gasteiger partial charge >= 0.3 is 0 Å². The first kappa shape index (κ1) is 29.5. The molecule has 242 valence electrons. The highest BCUT2D eigenvalue weighted by Crippen LogP contribution is 2.42. The molecule has 0 N–H and O–H groups in total. The average molecular weight is 697 g/mol. The van der Waals surface area contributed by atoms with Gasteiger partial charge in [-0.15, -0.1) is 22.7 Å². The molecule has 0 aliphatic rings. The summed E-state index contributed by atoms with van der Waals surface area (Å²) in [5.41, 5.74) is 10.6. The molecule has 4 aromatic heterocycles. The molecule has 0 fully saturated rings. The minimum absolute atomic E-state index is 0.912. The largest absolute Gasteiger partial charge is 0.245 e. The minimum atomic E-state index is 0.912. The molecule has 4 heterocycles. The molecule has 0 atom stereocenters. The molecule has 0 bridgehead atoms. The fourth-order valence-electron chi connectivity index (χ4n) is 7.67. The molecule has 0 aliphatic heterocycles. The number of thiophene rings is 2. The van der Waals surface area contributed by atoms with Gasteiger partial charge in [0.15, 0.2) is 0 Å². The second-order valence-electron chi connectivity index (χ2n) is 13.3. The van der Waals surface area contributed by atoms with Crippen LogP contribution in [0, 0.1) is 0 Å². The molecule has 0 aliphatic carbocycles. The van der Waals surface area contributed by atoms with Gasteiger partial charge in [-0.3, -0.25) is 0 Å². The van der Waals surface area contributed by atoms with Gasteiger partial charge in [-0.05, 0) is 76.9 Å². The Morgan fingerprint density at radius 2 is 0.808 bits per heavy atom. The molecule has 0 saturated carbocycles. The Morgan fingerprint density at radius 1 is 0.308 bits per heavy atom. The van der Waals surface area contributed by atoms with Crippen molar-refractivity contribution in [1.82, 2.24) is 9.97 Å². The van der Waals surface area contributed by atoms with Crippen LogP contribution >= 0.6 is 22.7 Å². The van der Waals surface area contributed by atoms with Gasteiger partial charge in [-0.2, -0.15) is 0 Å². The van der Waals surface area contributed by atoms with Gasteiger partial charge in [0.1, 0.15) is 0 Å². The fraction of sp³-hybridized carbons (Fsp3) is 0. The Kier molecular flexibility index (Phi) is 6.63.